The summed E-state index contributed by atoms with van der Waals surface area (Å²) >= 11 is 19.6. The zero-order valence-electron chi connectivity index (χ0n) is 7.67. The van der Waals surface area contributed by atoms with Gasteiger partial charge in [0.05, 0.1) is 15.2 Å². The minimum atomic E-state index is 0.443. The molecular formula is C10H3Cl3N2S. The van der Waals surface area contributed by atoms with Crippen LogP contribution in [0.1, 0.15) is 0 Å². The van der Waals surface area contributed by atoms with Crippen molar-refractivity contribution in [1.82, 2.24) is 9.97 Å². The van der Waals surface area contributed by atoms with Gasteiger partial charge in [-0.2, -0.15) is 0 Å². The van der Waals surface area contributed by atoms with E-state index >= 15 is 0 Å². The van der Waals surface area contributed by atoms with E-state index in [0.29, 0.717) is 15.2 Å². The second-order valence-electron chi connectivity index (χ2n) is 3.21. The average molecular weight is 290 g/mol. The standard InChI is InChI=1S/C10H3Cl3N2S/c11-4-1-5(12)7-6(2-4)16-9-8(7)14-3-15-10(9)13/h1-3H. The van der Waals surface area contributed by atoms with E-state index in [2.05, 4.69) is 9.97 Å². The Balaban J connectivity index is 2.61. The lowest BCUT2D eigenvalue weighted by Crippen LogP contribution is -1.79. The Morgan fingerprint density at radius 3 is 2.69 bits per heavy atom. The first-order chi connectivity index (χ1) is 7.66. The Hall–Kier alpha value is -0.610. The number of aromatic nitrogens is 2. The van der Waals surface area contributed by atoms with E-state index in [1.807, 2.05) is 6.07 Å². The Bertz CT molecular complexity index is 708. The average Bonchev–Trinajstić information content (AvgIpc) is 2.57. The third-order valence-corrected chi connectivity index (χ3v) is 4.28. The number of thiophene rings is 1. The van der Waals surface area contributed by atoms with Crippen LogP contribution in [-0.2, 0) is 0 Å². The lowest BCUT2D eigenvalue weighted by Gasteiger charge is -1.95. The third-order valence-electron chi connectivity index (χ3n) is 2.23. The predicted molar refractivity (Wildman–Crippen MR) is 70.0 cm³/mol. The van der Waals surface area contributed by atoms with Gasteiger partial charge in [-0.05, 0) is 12.1 Å². The lowest BCUT2D eigenvalue weighted by atomic mass is 10.2. The van der Waals surface area contributed by atoms with E-state index in [4.69, 9.17) is 34.8 Å². The fourth-order valence-corrected chi connectivity index (χ4v) is 3.65. The van der Waals surface area contributed by atoms with Crippen molar-refractivity contribution < 1.29 is 0 Å². The second kappa shape index (κ2) is 3.70. The van der Waals surface area contributed by atoms with Gasteiger partial charge in [0, 0.05) is 15.1 Å². The summed E-state index contributed by atoms with van der Waals surface area (Å²) in [5.74, 6) is 0. The second-order valence-corrected chi connectivity index (χ2v) is 5.46. The van der Waals surface area contributed by atoms with Crippen LogP contribution in [0, 0.1) is 0 Å². The molecular weight excluding hydrogens is 287 g/mol. The predicted octanol–water partition coefficient (Wildman–Crippen LogP) is 4.80. The molecule has 0 unspecified atom stereocenters. The maximum absolute atomic E-state index is 6.15. The molecule has 0 amide bonds. The molecule has 3 rings (SSSR count). The van der Waals surface area contributed by atoms with Crippen molar-refractivity contribution in [2.45, 2.75) is 0 Å². The van der Waals surface area contributed by atoms with Crippen molar-refractivity contribution in [3.05, 3.63) is 33.7 Å². The van der Waals surface area contributed by atoms with Crippen LogP contribution in [0.2, 0.25) is 15.2 Å². The van der Waals surface area contributed by atoms with E-state index < -0.39 is 0 Å². The summed E-state index contributed by atoms with van der Waals surface area (Å²) in [4.78, 5) is 8.15. The first-order valence-corrected chi connectivity index (χ1v) is 6.29. The van der Waals surface area contributed by atoms with Crippen molar-refractivity contribution in [2.24, 2.45) is 0 Å². The maximum Gasteiger partial charge on any atom is 0.150 e. The maximum atomic E-state index is 6.15. The van der Waals surface area contributed by atoms with Crippen molar-refractivity contribution in [3.63, 3.8) is 0 Å². The highest BCUT2D eigenvalue weighted by Gasteiger charge is 2.13. The fraction of sp³-hybridized carbons (Fsp3) is 0. The van der Waals surface area contributed by atoms with Crippen LogP contribution < -0.4 is 0 Å². The number of benzene rings is 1. The summed E-state index contributed by atoms with van der Waals surface area (Å²) in [6.45, 7) is 0. The first-order valence-electron chi connectivity index (χ1n) is 4.34. The Morgan fingerprint density at radius 1 is 1.06 bits per heavy atom. The van der Waals surface area contributed by atoms with Gasteiger partial charge >= 0.3 is 0 Å². The van der Waals surface area contributed by atoms with E-state index in [0.717, 1.165) is 20.3 Å². The molecule has 0 aliphatic carbocycles. The van der Waals surface area contributed by atoms with E-state index in [-0.39, 0.29) is 0 Å². The summed E-state index contributed by atoms with van der Waals surface area (Å²) in [6.07, 6.45) is 1.43. The summed E-state index contributed by atoms with van der Waals surface area (Å²) in [5.41, 5.74) is 0.779. The zero-order chi connectivity index (χ0) is 11.3. The molecule has 0 fully saturated rings. The minimum Gasteiger partial charge on any atom is -0.235 e. The van der Waals surface area contributed by atoms with Crippen LogP contribution in [0.25, 0.3) is 20.3 Å². The SMILES string of the molecule is Clc1cc(Cl)c2c(c1)sc1c(Cl)ncnc12. The van der Waals surface area contributed by atoms with Crippen LogP contribution in [0.15, 0.2) is 18.5 Å². The quantitative estimate of drug-likeness (QED) is 0.555. The molecule has 3 aromatic rings. The Morgan fingerprint density at radius 2 is 1.88 bits per heavy atom. The van der Waals surface area contributed by atoms with Gasteiger partial charge in [-0.3, -0.25) is 0 Å². The van der Waals surface area contributed by atoms with Crippen molar-refractivity contribution in [3.8, 4) is 0 Å². The molecule has 0 saturated carbocycles. The zero-order valence-corrected chi connectivity index (χ0v) is 10.8. The smallest absolute Gasteiger partial charge is 0.150 e. The normalized spacial score (nSPS) is 11.4. The molecule has 0 saturated heterocycles. The largest absolute Gasteiger partial charge is 0.235 e. The van der Waals surface area contributed by atoms with Crippen LogP contribution >= 0.6 is 46.1 Å². The number of hydrogen-bond acceptors (Lipinski definition) is 3. The Kier molecular flexibility index (Phi) is 2.44. The van der Waals surface area contributed by atoms with Gasteiger partial charge in [-0.1, -0.05) is 34.8 Å². The molecule has 0 atom stereocenters. The highest BCUT2D eigenvalue weighted by atomic mass is 35.5. The topological polar surface area (TPSA) is 25.8 Å². The van der Waals surface area contributed by atoms with Gasteiger partial charge in [0.25, 0.3) is 0 Å². The highest BCUT2D eigenvalue weighted by molar-refractivity contribution is 7.26. The molecule has 0 aliphatic heterocycles. The highest BCUT2D eigenvalue weighted by Crippen LogP contribution is 2.40. The fourth-order valence-electron chi connectivity index (χ4n) is 1.59. The Labute approximate surface area is 110 Å². The monoisotopic (exact) mass is 288 g/mol. The van der Waals surface area contributed by atoms with Crippen molar-refractivity contribution in [2.75, 3.05) is 0 Å². The number of fused-ring (bicyclic) bond motifs is 3. The van der Waals surface area contributed by atoms with Gasteiger partial charge < -0.3 is 0 Å². The molecule has 0 bridgehead atoms. The van der Waals surface area contributed by atoms with Gasteiger partial charge in [-0.15, -0.1) is 11.3 Å². The molecule has 2 nitrogen and oxygen atoms in total. The number of rotatable bonds is 0. The molecule has 2 aromatic heterocycles. The van der Waals surface area contributed by atoms with Crippen molar-refractivity contribution >= 4 is 66.4 Å². The third kappa shape index (κ3) is 1.47. The molecule has 16 heavy (non-hydrogen) atoms. The van der Waals surface area contributed by atoms with Gasteiger partial charge in [-0.25, -0.2) is 9.97 Å². The first kappa shape index (κ1) is 10.5. The molecule has 0 spiro atoms. The van der Waals surface area contributed by atoms with Gasteiger partial charge in [0.15, 0.2) is 0 Å². The van der Waals surface area contributed by atoms with Crippen LogP contribution in [0.4, 0.5) is 0 Å². The summed E-state index contributed by atoms with van der Waals surface area (Å²) < 4.78 is 1.80. The van der Waals surface area contributed by atoms with E-state index in [9.17, 15) is 0 Å². The summed E-state index contributed by atoms with van der Waals surface area (Å²) in [5, 5.41) is 2.52. The molecule has 0 N–H and O–H groups in total. The molecule has 6 heteroatoms. The molecule has 2 heterocycles. The van der Waals surface area contributed by atoms with Gasteiger partial charge in [0.2, 0.25) is 0 Å². The van der Waals surface area contributed by atoms with E-state index in [1.54, 1.807) is 6.07 Å². The van der Waals surface area contributed by atoms with Crippen molar-refractivity contribution in [1.29, 1.82) is 0 Å². The number of hydrogen-bond donors (Lipinski definition) is 0. The lowest BCUT2D eigenvalue weighted by molar-refractivity contribution is 1.23. The number of nitrogens with zero attached hydrogens (tertiary/aromatic N) is 2. The minimum absolute atomic E-state index is 0.443. The number of halogens is 3. The summed E-state index contributed by atoms with van der Waals surface area (Å²) in [6, 6.07) is 3.55. The molecule has 80 valence electrons. The van der Waals surface area contributed by atoms with Gasteiger partial charge in [0.1, 0.15) is 11.5 Å². The van der Waals surface area contributed by atoms with Crippen LogP contribution in [-0.4, -0.2) is 9.97 Å². The van der Waals surface area contributed by atoms with Crippen LogP contribution in [0.3, 0.4) is 0 Å². The molecule has 1 aromatic carbocycles. The molecule has 0 aliphatic rings. The molecule has 0 radical (unpaired) electrons. The van der Waals surface area contributed by atoms with E-state index in [1.165, 1.54) is 17.7 Å². The van der Waals surface area contributed by atoms with Crippen LogP contribution in [0.5, 0.6) is 0 Å². The summed E-state index contributed by atoms with van der Waals surface area (Å²) in [7, 11) is 0.